The SMILES string of the molecule is CCO[C@H](/C=C/C(=O)Nc1ccccc1N)[C@H](OC(=O)NC(=O)c1ccccc1)c1ccccc1OCCO. The van der Waals surface area contributed by atoms with Crippen molar-refractivity contribution in [2.75, 3.05) is 30.9 Å². The second-order valence-corrected chi connectivity index (χ2v) is 8.11. The summed E-state index contributed by atoms with van der Waals surface area (Å²) >= 11 is 0. The predicted molar refractivity (Wildman–Crippen MR) is 146 cm³/mol. The van der Waals surface area contributed by atoms with Crippen molar-refractivity contribution >= 4 is 29.3 Å². The van der Waals surface area contributed by atoms with Gasteiger partial charge in [0.1, 0.15) is 18.5 Å². The first kappa shape index (κ1) is 28.9. The molecule has 39 heavy (non-hydrogen) atoms. The van der Waals surface area contributed by atoms with Crippen molar-refractivity contribution in [3.8, 4) is 5.75 Å². The standard InChI is InChI=1S/C29H31N3O7/c1-2-37-25(16-17-26(34)31-23-14-8-7-13-22(23)30)27(21-12-6-9-15-24(21)38-19-18-33)39-29(36)32-28(35)20-10-4-3-5-11-20/h3-17,25,27,33H,2,18-19,30H2,1H3,(H,31,34)(H,32,35,36)/b17-16+/t25-,27-/m1/s1. The molecule has 3 aromatic carbocycles. The van der Waals surface area contributed by atoms with E-state index in [0.29, 0.717) is 22.7 Å². The summed E-state index contributed by atoms with van der Waals surface area (Å²) in [5.74, 6) is -0.796. The normalized spacial score (nSPS) is 12.4. The Kier molecular flexibility index (Phi) is 11.0. The van der Waals surface area contributed by atoms with Gasteiger partial charge in [-0.1, -0.05) is 48.5 Å². The number of anilines is 2. The van der Waals surface area contributed by atoms with Crippen molar-refractivity contribution in [1.29, 1.82) is 0 Å². The number of aliphatic hydroxyl groups excluding tert-OH is 1. The Morgan fingerprint density at radius 1 is 0.974 bits per heavy atom. The maximum absolute atomic E-state index is 12.9. The minimum atomic E-state index is -1.13. The van der Waals surface area contributed by atoms with Crippen LogP contribution in [-0.4, -0.2) is 48.9 Å². The molecule has 0 bridgehead atoms. The van der Waals surface area contributed by atoms with Crippen LogP contribution in [-0.2, 0) is 14.3 Å². The third-order valence-corrected chi connectivity index (χ3v) is 5.37. The van der Waals surface area contributed by atoms with Crippen LogP contribution in [0.25, 0.3) is 0 Å². The van der Waals surface area contributed by atoms with Crippen molar-refractivity contribution in [1.82, 2.24) is 5.32 Å². The summed E-state index contributed by atoms with van der Waals surface area (Å²) in [7, 11) is 0. The van der Waals surface area contributed by atoms with Gasteiger partial charge >= 0.3 is 6.09 Å². The maximum atomic E-state index is 12.9. The van der Waals surface area contributed by atoms with E-state index in [-0.39, 0.29) is 25.4 Å². The number of aliphatic hydroxyl groups is 1. The molecule has 5 N–H and O–H groups in total. The molecule has 0 aliphatic heterocycles. The number of benzene rings is 3. The Hall–Kier alpha value is -4.67. The van der Waals surface area contributed by atoms with Gasteiger partial charge in [-0.2, -0.15) is 0 Å². The number of carbonyl (C=O) groups excluding carboxylic acids is 3. The average Bonchev–Trinajstić information content (AvgIpc) is 2.95. The minimum absolute atomic E-state index is 0.00152. The van der Waals surface area contributed by atoms with Crippen molar-refractivity contribution in [2.45, 2.75) is 19.1 Å². The molecule has 0 heterocycles. The van der Waals surface area contributed by atoms with E-state index in [0.717, 1.165) is 0 Å². The van der Waals surface area contributed by atoms with Crippen molar-refractivity contribution < 1.29 is 33.7 Å². The summed E-state index contributed by atoms with van der Waals surface area (Å²) in [6, 6.07) is 21.7. The number of rotatable bonds is 12. The lowest BCUT2D eigenvalue weighted by molar-refractivity contribution is -0.112. The van der Waals surface area contributed by atoms with Crippen LogP contribution in [0.15, 0.2) is 91.0 Å². The van der Waals surface area contributed by atoms with E-state index >= 15 is 0 Å². The number of para-hydroxylation sites is 3. The van der Waals surface area contributed by atoms with E-state index in [9.17, 15) is 19.5 Å². The number of ether oxygens (including phenoxy) is 3. The van der Waals surface area contributed by atoms with Gasteiger partial charge in [-0.3, -0.25) is 14.9 Å². The molecule has 0 aromatic heterocycles. The molecular weight excluding hydrogens is 502 g/mol. The number of alkyl carbamates (subject to hydrolysis) is 1. The number of nitrogens with two attached hydrogens (primary N) is 1. The van der Waals surface area contributed by atoms with Crippen LogP contribution in [0.4, 0.5) is 16.2 Å². The molecule has 0 spiro atoms. The molecule has 3 aromatic rings. The van der Waals surface area contributed by atoms with Gasteiger partial charge in [0.25, 0.3) is 5.91 Å². The highest BCUT2D eigenvalue weighted by atomic mass is 16.6. The summed E-state index contributed by atoms with van der Waals surface area (Å²) in [6.07, 6.45) is -0.421. The lowest BCUT2D eigenvalue weighted by atomic mass is 10.0. The number of hydrogen-bond donors (Lipinski definition) is 4. The van der Waals surface area contributed by atoms with Gasteiger partial charge < -0.3 is 30.4 Å². The third-order valence-electron chi connectivity index (χ3n) is 5.37. The number of nitrogens with one attached hydrogen (secondary N) is 2. The number of nitrogen functional groups attached to an aromatic ring is 1. The molecule has 0 radical (unpaired) electrons. The van der Waals surface area contributed by atoms with Gasteiger partial charge in [-0.15, -0.1) is 0 Å². The Morgan fingerprint density at radius 2 is 1.67 bits per heavy atom. The number of hydrogen-bond acceptors (Lipinski definition) is 8. The molecular formula is C29H31N3O7. The first-order valence-corrected chi connectivity index (χ1v) is 12.3. The molecule has 0 fully saturated rings. The Balaban J connectivity index is 1.88. The molecule has 0 saturated heterocycles. The second kappa shape index (κ2) is 14.9. The van der Waals surface area contributed by atoms with Gasteiger partial charge in [0.2, 0.25) is 5.91 Å². The summed E-state index contributed by atoms with van der Waals surface area (Å²) in [5.41, 5.74) is 7.42. The molecule has 0 unspecified atom stereocenters. The zero-order valence-electron chi connectivity index (χ0n) is 21.4. The first-order chi connectivity index (χ1) is 18.9. The monoisotopic (exact) mass is 533 g/mol. The molecule has 10 heteroatoms. The fraction of sp³-hybridized carbons (Fsp3) is 0.207. The van der Waals surface area contributed by atoms with Crippen LogP contribution in [0.3, 0.4) is 0 Å². The Labute approximate surface area is 226 Å². The largest absolute Gasteiger partial charge is 0.491 e. The van der Waals surface area contributed by atoms with Gasteiger partial charge in [-0.25, -0.2) is 4.79 Å². The minimum Gasteiger partial charge on any atom is -0.491 e. The zero-order chi connectivity index (χ0) is 28.0. The Morgan fingerprint density at radius 3 is 2.38 bits per heavy atom. The summed E-state index contributed by atoms with van der Waals surface area (Å²) in [4.78, 5) is 38.0. The van der Waals surface area contributed by atoms with Crippen LogP contribution < -0.4 is 21.1 Å². The van der Waals surface area contributed by atoms with E-state index in [2.05, 4.69) is 10.6 Å². The molecule has 0 aliphatic carbocycles. The zero-order valence-corrected chi connectivity index (χ0v) is 21.4. The molecule has 3 rings (SSSR count). The predicted octanol–water partition coefficient (Wildman–Crippen LogP) is 3.85. The van der Waals surface area contributed by atoms with Gasteiger partial charge in [0.15, 0.2) is 6.10 Å². The summed E-state index contributed by atoms with van der Waals surface area (Å²) < 4.78 is 17.2. The fourth-order valence-corrected chi connectivity index (χ4v) is 3.61. The van der Waals surface area contributed by atoms with Gasteiger partial charge in [0.05, 0.1) is 18.0 Å². The lowest BCUT2D eigenvalue weighted by Crippen LogP contribution is -2.35. The molecule has 2 atom stereocenters. The smallest absolute Gasteiger partial charge is 0.414 e. The van der Waals surface area contributed by atoms with E-state index in [1.54, 1.807) is 85.8 Å². The van der Waals surface area contributed by atoms with Crippen LogP contribution in [0, 0.1) is 0 Å². The van der Waals surface area contributed by atoms with Crippen LogP contribution in [0.5, 0.6) is 5.75 Å². The first-order valence-electron chi connectivity index (χ1n) is 12.3. The van der Waals surface area contributed by atoms with Crippen LogP contribution in [0.1, 0.15) is 28.9 Å². The van der Waals surface area contributed by atoms with Crippen LogP contribution in [0.2, 0.25) is 0 Å². The summed E-state index contributed by atoms with van der Waals surface area (Å²) in [5, 5.41) is 14.1. The number of amides is 3. The summed E-state index contributed by atoms with van der Waals surface area (Å²) in [6.45, 7) is 1.73. The second-order valence-electron chi connectivity index (χ2n) is 8.11. The maximum Gasteiger partial charge on any atom is 0.414 e. The average molecular weight is 534 g/mol. The van der Waals surface area contributed by atoms with E-state index < -0.39 is 30.1 Å². The number of imide groups is 1. The lowest BCUT2D eigenvalue weighted by Gasteiger charge is -2.26. The van der Waals surface area contributed by atoms with E-state index in [1.165, 1.54) is 12.2 Å². The highest BCUT2D eigenvalue weighted by molar-refractivity contribution is 6.03. The van der Waals surface area contributed by atoms with Crippen LogP contribution >= 0.6 is 0 Å². The fourth-order valence-electron chi connectivity index (χ4n) is 3.61. The quantitative estimate of drug-likeness (QED) is 0.203. The molecule has 0 saturated carbocycles. The highest BCUT2D eigenvalue weighted by Gasteiger charge is 2.30. The van der Waals surface area contributed by atoms with E-state index in [1.807, 2.05) is 0 Å². The molecule has 3 amide bonds. The number of carbonyl (C=O) groups is 3. The van der Waals surface area contributed by atoms with Gasteiger partial charge in [0, 0.05) is 23.8 Å². The molecule has 10 nitrogen and oxygen atoms in total. The van der Waals surface area contributed by atoms with Crippen molar-refractivity contribution in [2.24, 2.45) is 0 Å². The van der Waals surface area contributed by atoms with E-state index in [4.69, 9.17) is 19.9 Å². The topological polar surface area (TPSA) is 149 Å². The highest BCUT2D eigenvalue weighted by Crippen LogP contribution is 2.32. The Bertz CT molecular complexity index is 1280. The third kappa shape index (κ3) is 8.70. The molecule has 204 valence electrons. The van der Waals surface area contributed by atoms with Gasteiger partial charge in [-0.05, 0) is 43.3 Å². The van der Waals surface area contributed by atoms with Crippen molar-refractivity contribution in [3.05, 3.63) is 102 Å². The van der Waals surface area contributed by atoms with Crippen molar-refractivity contribution in [3.63, 3.8) is 0 Å². The molecule has 0 aliphatic rings.